The molecule has 0 saturated heterocycles. The lowest BCUT2D eigenvalue weighted by atomic mass is 9.64. The highest BCUT2D eigenvalue weighted by Crippen LogP contribution is 2.40. The van der Waals surface area contributed by atoms with Gasteiger partial charge in [0.05, 0.1) is 11.7 Å². The topological polar surface area (TPSA) is 56.0 Å². The standard InChI is InChI=1S/C12H16N2OS/c1-12(2)10(4-11(12)15)14-6-9-3-8(5-13)7-16-9/h3,7,10-11,14-15H,4,6H2,1-2H3. The van der Waals surface area contributed by atoms with Gasteiger partial charge >= 0.3 is 0 Å². The molecular weight excluding hydrogens is 220 g/mol. The maximum Gasteiger partial charge on any atom is 0.100 e. The van der Waals surface area contributed by atoms with Crippen LogP contribution < -0.4 is 5.32 Å². The van der Waals surface area contributed by atoms with E-state index in [0.717, 1.165) is 18.5 Å². The number of aliphatic hydroxyl groups excluding tert-OH is 1. The van der Waals surface area contributed by atoms with Gasteiger partial charge in [0.25, 0.3) is 0 Å². The van der Waals surface area contributed by atoms with E-state index in [0.29, 0.717) is 6.04 Å². The predicted molar refractivity (Wildman–Crippen MR) is 64.1 cm³/mol. The van der Waals surface area contributed by atoms with Crippen LogP contribution in [0, 0.1) is 16.7 Å². The molecule has 1 fully saturated rings. The Kier molecular flexibility index (Phi) is 3.02. The number of nitrogens with one attached hydrogen (secondary N) is 1. The van der Waals surface area contributed by atoms with Crippen LogP contribution in [-0.2, 0) is 6.54 Å². The van der Waals surface area contributed by atoms with Crippen LogP contribution in [0.25, 0.3) is 0 Å². The summed E-state index contributed by atoms with van der Waals surface area (Å²) in [7, 11) is 0. The molecule has 0 bridgehead atoms. The summed E-state index contributed by atoms with van der Waals surface area (Å²) >= 11 is 1.60. The Labute approximate surface area is 99.7 Å². The van der Waals surface area contributed by atoms with Crippen LogP contribution in [0.4, 0.5) is 0 Å². The fourth-order valence-corrected chi connectivity index (χ4v) is 2.77. The van der Waals surface area contributed by atoms with Crippen molar-refractivity contribution in [3.05, 3.63) is 21.9 Å². The number of hydrogen-bond donors (Lipinski definition) is 2. The molecule has 0 radical (unpaired) electrons. The van der Waals surface area contributed by atoms with Crippen molar-refractivity contribution in [3.8, 4) is 6.07 Å². The summed E-state index contributed by atoms with van der Waals surface area (Å²) in [6.07, 6.45) is 0.631. The van der Waals surface area contributed by atoms with Gasteiger partial charge in [-0.1, -0.05) is 13.8 Å². The molecule has 3 nitrogen and oxygen atoms in total. The molecule has 0 amide bonds. The average molecular weight is 236 g/mol. The van der Waals surface area contributed by atoms with Gasteiger partial charge in [-0.25, -0.2) is 0 Å². The maximum absolute atomic E-state index is 9.61. The van der Waals surface area contributed by atoms with E-state index in [1.165, 1.54) is 4.88 Å². The number of nitriles is 1. The quantitative estimate of drug-likeness (QED) is 0.842. The minimum absolute atomic E-state index is 0.0324. The Morgan fingerprint density at radius 2 is 2.44 bits per heavy atom. The van der Waals surface area contributed by atoms with E-state index in [9.17, 15) is 5.11 Å². The van der Waals surface area contributed by atoms with Crippen LogP contribution in [0.3, 0.4) is 0 Å². The molecule has 2 atom stereocenters. The molecule has 1 saturated carbocycles. The van der Waals surface area contributed by atoms with Gasteiger partial charge in [0, 0.05) is 28.3 Å². The highest BCUT2D eigenvalue weighted by Gasteiger charge is 2.46. The first-order chi connectivity index (χ1) is 7.54. The van der Waals surface area contributed by atoms with Crippen molar-refractivity contribution in [2.75, 3.05) is 0 Å². The normalized spacial score (nSPS) is 27.1. The smallest absolute Gasteiger partial charge is 0.100 e. The van der Waals surface area contributed by atoms with Gasteiger partial charge in [-0.05, 0) is 12.5 Å². The zero-order valence-corrected chi connectivity index (χ0v) is 10.3. The average Bonchev–Trinajstić information content (AvgIpc) is 2.71. The summed E-state index contributed by atoms with van der Waals surface area (Å²) < 4.78 is 0. The van der Waals surface area contributed by atoms with Crippen LogP contribution in [0.15, 0.2) is 11.4 Å². The molecule has 1 aromatic rings. The van der Waals surface area contributed by atoms with Crippen LogP contribution in [-0.4, -0.2) is 17.3 Å². The van der Waals surface area contributed by atoms with Crippen molar-refractivity contribution in [2.45, 2.75) is 39.0 Å². The van der Waals surface area contributed by atoms with Crippen molar-refractivity contribution in [1.29, 1.82) is 5.26 Å². The number of hydrogen-bond acceptors (Lipinski definition) is 4. The fraction of sp³-hybridized carbons (Fsp3) is 0.583. The fourth-order valence-electron chi connectivity index (χ4n) is 2.00. The van der Waals surface area contributed by atoms with E-state index >= 15 is 0 Å². The Morgan fingerprint density at radius 3 is 2.94 bits per heavy atom. The molecule has 0 aliphatic heterocycles. The van der Waals surface area contributed by atoms with E-state index < -0.39 is 0 Å². The predicted octanol–water partition coefficient (Wildman–Crippen LogP) is 1.87. The number of rotatable bonds is 3. The second-order valence-corrected chi connectivity index (χ2v) is 5.92. The first-order valence-corrected chi connectivity index (χ1v) is 6.31. The van der Waals surface area contributed by atoms with Gasteiger partial charge in [-0.2, -0.15) is 5.26 Å². The third kappa shape index (κ3) is 1.99. The first kappa shape index (κ1) is 11.6. The Hall–Kier alpha value is -0.890. The van der Waals surface area contributed by atoms with Gasteiger partial charge in [-0.15, -0.1) is 11.3 Å². The minimum Gasteiger partial charge on any atom is -0.392 e. The second kappa shape index (κ2) is 4.17. The maximum atomic E-state index is 9.61. The lowest BCUT2D eigenvalue weighted by molar-refractivity contribution is -0.0729. The van der Waals surface area contributed by atoms with E-state index in [1.54, 1.807) is 11.3 Å². The molecule has 86 valence electrons. The summed E-state index contributed by atoms with van der Waals surface area (Å²) in [4.78, 5) is 1.17. The lowest BCUT2D eigenvalue weighted by Gasteiger charge is -2.49. The molecule has 0 aromatic carbocycles. The molecular formula is C12H16N2OS. The molecule has 16 heavy (non-hydrogen) atoms. The van der Waals surface area contributed by atoms with Gasteiger partial charge < -0.3 is 10.4 Å². The van der Waals surface area contributed by atoms with Crippen molar-refractivity contribution >= 4 is 11.3 Å². The van der Waals surface area contributed by atoms with Crippen LogP contribution >= 0.6 is 11.3 Å². The molecule has 1 aromatic heterocycles. The van der Waals surface area contributed by atoms with Crippen LogP contribution in [0.5, 0.6) is 0 Å². The third-order valence-corrected chi connectivity index (χ3v) is 4.46. The largest absolute Gasteiger partial charge is 0.392 e. The van der Waals surface area contributed by atoms with Crippen molar-refractivity contribution in [1.82, 2.24) is 5.32 Å². The third-order valence-electron chi connectivity index (χ3n) is 3.52. The molecule has 1 aliphatic rings. The summed E-state index contributed by atoms with van der Waals surface area (Å²) in [5.74, 6) is 0. The molecule has 2 rings (SSSR count). The lowest BCUT2D eigenvalue weighted by Crippen LogP contribution is -2.59. The highest BCUT2D eigenvalue weighted by molar-refractivity contribution is 7.10. The SMILES string of the molecule is CC1(C)C(O)CC1NCc1cc(C#N)cs1. The van der Waals surface area contributed by atoms with Gasteiger partial charge in [0.15, 0.2) is 0 Å². The van der Waals surface area contributed by atoms with E-state index in [2.05, 4.69) is 25.2 Å². The molecule has 1 aliphatic carbocycles. The monoisotopic (exact) mass is 236 g/mol. The van der Waals surface area contributed by atoms with Gasteiger partial charge in [0.2, 0.25) is 0 Å². The van der Waals surface area contributed by atoms with Crippen molar-refractivity contribution < 1.29 is 5.11 Å². The van der Waals surface area contributed by atoms with Gasteiger partial charge in [0.1, 0.15) is 6.07 Å². The minimum atomic E-state index is -0.192. The van der Waals surface area contributed by atoms with Crippen molar-refractivity contribution in [3.63, 3.8) is 0 Å². The summed E-state index contributed by atoms with van der Waals surface area (Å²) in [6.45, 7) is 4.94. The second-order valence-electron chi connectivity index (χ2n) is 4.92. The summed E-state index contributed by atoms with van der Waals surface area (Å²) in [5.41, 5.74) is 0.699. The Morgan fingerprint density at radius 1 is 1.69 bits per heavy atom. The number of thiophene rings is 1. The molecule has 2 N–H and O–H groups in total. The zero-order chi connectivity index (χ0) is 11.8. The molecule has 2 unspecified atom stereocenters. The van der Waals surface area contributed by atoms with Crippen molar-refractivity contribution in [2.24, 2.45) is 5.41 Å². The van der Waals surface area contributed by atoms with E-state index in [4.69, 9.17) is 5.26 Å². The van der Waals surface area contributed by atoms with Crippen LogP contribution in [0.1, 0.15) is 30.7 Å². The van der Waals surface area contributed by atoms with Gasteiger partial charge in [-0.3, -0.25) is 0 Å². The first-order valence-electron chi connectivity index (χ1n) is 5.43. The molecule has 1 heterocycles. The van der Waals surface area contributed by atoms with E-state index in [1.807, 2.05) is 11.4 Å². The Bertz CT molecular complexity index is 419. The van der Waals surface area contributed by atoms with Crippen LogP contribution in [0.2, 0.25) is 0 Å². The molecule has 0 spiro atoms. The van der Waals surface area contributed by atoms with E-state index in [-0.39, 0.29) is 11.5 Å². The highest BCUT2D eigenvalue weighted by atomic mass is 32.1. The zero-order valence-electron chi connectivity index (χ0n) is 9.53. The number of aliphatic hydroxyl groups is 1. The number of nitrogens with zero attached hydrogens (tertiary/aromatic N) is 1. The summed E-state index contributed by atoms with van der Waals surface area (Å²) in [6, 6.07) is 4.42. The Balaban J connectivity index is 1.87. The summed E-state index contributed by atoms with van der Waals surface area (Å²) in [5, 5.41) is 23.6. The molecule has 4 heteroatoms.